The Hall–Kier alpha value is -1.61. The first-order valence-electron chi connectivity index (χ1n) is 5.19. The van der Waals surface area contributed by atoms with Crippen LogP contribution in [0, 0.1) is 10.1 Å². The van der Waals surface area contributed by atoms with Crippen LogP contribution in [0.25, 0.3) is 0 Å². The maximum absolute atomic E-state index is 10.7. The number of aromatic nitrogens is 1. The van der Waals surface area contributed by atoms with Crippen molar-refractivity contribution in [1.29, 1.82) is 0 Å². The van der Waals surface area contributed by atoms with Crippen molar-refractivity contribution in [3.05, 3.63) is 43.4 Å². The Morgan fingerprint density at radius 2 is 2.10 bits per heavy atom. The number of nitrogens with one attached hydrogen (secondary N) is 1. The average Bonchev–Trinajstić information content (AvgIpc) is 2.85. The lowest BCUT2D eigenvalue weighted by Gasteiger charge is -2.08. The van der Waals surface area contributed by atoms with Crippen LogP contribution in [0.4, 0.5) is 10.8 Å². The molecule has 0 bridgehead atoms. The zero-order valence-corrected chi connectivity index (χ0v) is 12.1. The van der Waals surface area contributed by atoms with Crippen molar-refractivity contribution in [3.8, 4) is 5.75 Å². The second-order valence-electron chi connectivity index (χ2n) is 3.56. The smallest absolute Gasteiger partial charge is 0.272 e. The number of ether oxygens (including phenoxy) is 1. The molecule has 2 aromatic rings. The molecule has 0 unspecified atom stereocenters. The highest BCUT2D eigenvalue weighted by molar-refractivity contribution is 7.15. The number of thiazole rings is 1. The van der Waals surface area contributed by atoms with Gasteiger partial charge in [-0.15, -0.1) is 0 Å². The number of nitro benzene ring substituents is 1. The summed E-state index contributed by atoms with van der Waals surface area (Å²) in [5.74, 6) is 5.40. The zero-order chi connectivity index (χ0) is 14.7. The third-order valence-corrected chi connectivity index (χ3v) is 3.69. The normalized spacial score (nSPS) is 10.3. The van der Waals surface area contributed by atoms with Gasteiger partial charge >= 0.3 is 0 Å². The summed E-state index contributed by atoms with van der Waals surface area (Å²) in [6.45, 7) is 0.177. The molecule has 0 saturated carbocycles. The molecule has 1 aromatic carbocycles. The summed E-state index contributed by atoms with van der Waals surface area (Å²) in [6.07, 6.45) is 1.59. The Bertz CT molecular complexity index is 626. The van der Waals surface area contributed by atoms with E-state index in [2.05, 4.69) is 10.4 Å². The van der Waals surface area contributed by atoms with Gasteiger partial charge in [0, 0.05) is 18.3 Å². The molecule has 7 nitrogen and oxygen atoms in total. The summed E-state index contributed by atoms with van der Waals surface area (Å²) in [7, 11) is 0. The third kappa shape index (κ3) is 3.28. The molecule has 10 heteroatoms. The number of hydrazine groups is 1. The van der Waals surface area contributed by atoms with Crippen LogP contribution in [0.15, 0.2) is 18.3 Å². The summed E-state index contributed by atoms with van der Waals surface area (Å²) in [4.78, 5) is 14.8. The van der Waals surface area contributed by atoms with Crippen LogP contribution in [0.2, 0.25) is 10.0 Å². The Kier molecular flexibility index (Phi) is 4.61. The van der Waals surface area contributed by atoms with Gasteiger partial charge in [-0.25, -0.2) is 10.8 Å². The minimum absolute atomic E-state index is 0.0749. The van der Waals surface area contributed by atoms with Gasteiger partial charge in [-0.3, -0.25) is 15.5 Å². The molecule has 1 aromatic heterocycles. The fourth-order valence-electron chi connectivity index (χ4n) is 1.37. The van der Waals surface area contributed by atoms with Gasteiger partial charge in [0.2, 0.25) is 0 Å². The van der Waals surface area contributed by atoms with Gasteiger partial charge in [-0.2, -0.15) is 0 Å². The van der Waals surface area contributed by atoms with Crippen LogP contribution in [0.5, 0.6) is 5.75 Å². The Morgan fingerprint density at radius 3 is 2.60 bits per heavy atom. The number of nitrogens with zero attached hydrogens (tertiary/aromatic N) is 2. The fourth-order valence-corrected chi connectivity index (χ4v) is 2.59. The van der Waals surface area contributed by atoms with Gasteiger partial charge in [0.15, 0.2) is 10.9 Å². The number of nitro groups is 1. The molecule has 0 amide bonds. The van der Waals surface area contributed by atoms with Gasteiger partial charge in [-0.1, -0.05) is 34.5 Å². The molecule has 0 aliphatic carbocycles. The lowest BCUT2D eigenvalue weighted by atomic mass is 10.3. The van der Waals surface area contributed by atoms with Crippen molar-refractivity contribution in [2.24, 2.45) is 5.84 Å². The number of nitrogens with two attached hydrogens (primary N) is 1. The Balaban J connectivity index is 2.15. The van der Waals surface area contributed by atoms with Gasteiger partial charge in [0.05, 0.1) is 19.8 Å². The van der Waals surface area contributed by atoms with E-state index in [9.17, 15) is 10.1 Å². The molecule has 0 radical (unpaired) electrons. The summed E-state index contributed by atoms with van der Waals surface area (Å²) >= 11 is 13.1. The van der Waals surface area contributed by atoms with E-state index in [0.29, 0.717) is 5.13 Å². The Labute approximate surface area is 127 Å². The van der Waals surface area contributed by atoms with E-state index in [4.69, 9.17) is 33.8 Å². The predicted octanol–water partition coefficient (Wildman–Crippen LogP) is 3.22. The Morgan fingerprint density at radius 1 is 1.45 bits per heavy atom. The molecule has 2 rings (SSSR count). The first kappa shape index (κ1) is 14.8. The van der Waals surface area contributed by atoms with Crippen molar-refractivity contribution in [3.63, 3.8) is 0 Å². The topological polar surface area (TPSA) is 103 Å². The average molecular weight is 335 g/mol. The summed E-state index contributed by atoms with van der Waals surface area (Å²) < 4.78 is 5.46. The monoisotopic (exact) mass is 334 g/mol. The number of non-ortho nitro benzene ring substituents is 1. The molecule has 3 N–H and O–H groups in total. The number of hydrogen-bond donors (Lipinski definition) is 2. The van der Waals surface area contributed by atoms with E-state index < -0.39 is 4.92 Å². The van der Waals surface area contributed by atoms with Crippen LogP contribution in [0.1, 0.15) is 4.88 Å². The highest BCUT2D eigenvalue weighted by Gasteiger charge is 2.16. The molecule has 0 spiro atoms. The lowest BCUT2D eigenvalue weighted by Crippen LogP contribution is -2.05. The second kappa shape index (κ2) is 6.23. The van der Waals surface area contributed by atoms with Gasteiger partial charge in [0.1, 0.15) is 6.61 Å². The van der Waals surface area contributed by atoms with Crippen molar-refractivity contribution in [2.45, 2.75) is 6.61 Å². The fraction of sp³-hybridized carbons (Fsp3) is 0.100. The lowest BCUT2D eigenvalue weighted by molar-refractivity contribution is -0.384. The van der Waals surface area contributed by atoms with E-state index >= 15 is 0 Å². The van der Waals surface area contributed by atoms with E-state index in [1.807, 2.05) is 0 Å². The summed E-state index contributed by atoms with van der Waals surface area (Å²) in [5, 5.41) is 11.3. The number of hydrogen-bond acceptors (Lipinski definition) is 7. The predicted molar refractivity (Wildman–Crippen MR) is 77.4 cm³/mol. The van der Waals surface area contributed by atoms with Crippen LogP contribution < -0.4 is 16.0 Å². The molecule has 1 heterocycles. The van der Waals surface area contributed by atoms with E-state index in [1.165, 1.54) is 23.5 Å². The van der Waals surface area contributed by atoms with Crippen molar-refractivity contribution < 1.29 is 9.66 Å². The number of nitrogen functional groups attached to an aromatic ring is 1. The van der Waals surface area contributed by atoms with Gasteiger partial charge in [0.25, 0.3) is 5.69 Å². The van der Waals surface area contributed by atoms with Crippen molar-refractivity contribution in [1.82, 2.24) is 4.98 Å². The van der Waals surface area contributed by atoms with Crippen molar-refractivity contribution in [2.75, 3.05) is 5.43 Å². The SMILES string of the molecule is NNc1ncc(COc2c(Cl)cc([N+](=O)[O-])cc2Cl)s1. The molecule has 106 valence electrons. The van der Waals surface area contributed by atoms with Crippen LogP contribution in [-0.4, -0.2) is 9.91 Å². The maximum atomic E-state index is 10.7. The number of halogens is 2. The first-order chi connectivity index (χ1) is 9.51. The molecule has 0 saturated heterocycles. The molecule has 0 fully saturated rings. The van der Waals surface area contributed by atoms with Gasteiger partial charge in [-0.05, 0) is 0 Å². The summed E-state index contributed by atoms with van der Waals surface area (Å²) in [6, 6.07) is 2.37. The van der Waals surface area contributed by atoms with Crippen LogP contribution >= 0.6 is 34.5 Å². The summed E-state index contributed by atoms with van der Waals surface area (Å²) in [5.41, 5.74) is 2.22. The molecule has 20 heavy (non-hydrogen) atoms. The first-order valence-corrected chi connectivity index (χ1v) is 6.76. The quantitative estimate of drug-likeness (QED) is 0.494. The number of rotatable bonds is 5. The van der Waals surface area contributed by atoms with Gasteiger partial charge < -0.3 is 4.74 Å². The van der Waals surface area contributed by atoms with E-state index in [-0.39, 0.29) is 28.1 Å². The largest absolute Gasteiger partial charge is 0.485 e. The standard InChI is InChI=1S/C10H8Cl2N4O3S/c11-7-1-5(16(17)18)2-8(12)9(7)19-4-6-3-14-10(15-13)20-6/h1-3H,4,13H2,(H,14,15). The highest BCUT2D eigenvalue weighted by Crippen LogP contribution is 2.37. The minimum Gasteiger partial charge on any atom is -0.485 e. The third-order valence-electron chi connectivity index (χ3n) is 2.23. The molecular weight excluding hydrogens is 327 g/mol. The highest BCUT2D eigenvalue weighted by atomic mass is 35.5. The van der Waals surface area contributed by atoms with E-state index in [1.54, 1.807) is 6.20 Å². The minimum atomic E-state index is -0.579. The number of benzene rings is 1. The number of anilines is 1. The zero-order valence-electron chi connectivity index (χ0n) is 9.80. The van der Waals surface area contributed by atoms with Crippen molar-refractivity contribution >= 4 is 45.4 Å². The maximum Gasteiger partial charge on any atom is 0.272 e. The van der Waals surface area contributed by atoms with E-state index in [0.717, 1.165) is 4.88 Å². The molecule has 0 aliphatic rings. The second-order valence-corrected chi connectivity index (χ2v) is 5.49. The molecule has 0 atom stereocenters. The van der Waals surface area contributed by atoms with Crippen LogP contribution in [0.3, 0.4) is 0 Å². The molecular formula is C10H8Cl2N4O3S. The molecule has 0 aliphatic heterocycles. The van der Waals surface area contributed by atoms with Crippen LogP contribution in [-0.2, 0) is 6.61 Å².